The van der Waals surface area contributed by atoms with Crippen LogP contribution in [0.25, 0.3) is 11.0 Å². The highest BCUT2D eigenvalue weighted by Crippen LogP contribution is 2.43. The number of aromatic nitrogens is 2. The number of ether oxygens (including phenoxy) is 2. The summed E-state index contributed by atoms with van der Waals surface area (Å²) in [6.07, 6.45) is 2.01. The maximum atomic E-state index is 14.3. The Bertz CT molecular complexity index is 1390. The third-order valence-corrected chi connectivity index (χ3v) is 7.94. The number of fused-ring (bicyclic) bond motifs is 3. The number of anilines is 1. The topological polar surface area (TPSA) is 114 Å². The number of aliphatic hydroxyl groups is 1. The van der Waals surface area contributed by atoms with Gasteiger partial charge < -0.3 is 24.3 Å². The van der Waals surface area contributed by atoms with Crippen LogP contribution >= 0.6 is 0 Å². The third kappa shape index (κ3) is 4.36. The molecule has 1 saturated carbocycles. The van der Waals surface area contributed by atoms with E-state index >= 15 is 0 Å². The van der Waals surface area contributed by atoms with Gasteiger partial charge in [-0.15, -0.1) is 0 Å². The van der Waals surface area contributed by atoms with Crippen molar-refractivity contribution >= 4 is 28.8 Å². The van der Waals surface area contributed by atoms with Crippen LogP contribution in [0.3, 0.4) is 0 Å². The van der Waals surface area contributed by atoms with E-state index in [2.05, 4.69) is 0 Å². The van der Waals surface area contributed by atoms with Gasteiger partial charge in [0, 0.05) is 23.2 Å². The van der Waals surface area contributed by atoms with Gasteiger partial charge in [-0.05, 0) is 69.4 Å². The van der Waals surface area contributed by atoms with Gasteiger partial charge in [0.25, 0.3) is 0 Å². The summed E-state index contributed by atoms with van der Waals surface area (Å²) in [5.41, 5.74) is 3.15. The number of nitrogens with zero attached hydrogens (tertiary/aromatic N) is 3. The molecule has 1 amide bonds. The van der Waals surface area contributed by atoms with Crippen LogP contribution in [0.4, 0.5) is 14.9 Å². The van der Waals surface area contributed by atoms with E-state index < -0.39 is 29.9 Å². The molecule has 10 heteroatoms. The van der Waals surface area contributed by atoms with Gasteiger partial charge in [-0.3, -0.25) is 9.69 Å². The van der Waals surface area contributed by atoms with Crippen LogP contribution in [0, 0.1) is 11.7 Å². The van der Waals surface area contributed by atoms with Gasteiger partial charge in [-0.2, -0.15) is 0 Å². The van der Waals surface area contributed by atoms with Crippen molar-refractivity contribution in [3.8, 4) is 5.75 Å². The van der Waals surface area contributed by atoms with Crippen molar-refractivity contribution in [2.75, 3.05) is 19.1 Å². The van der Waals surface area contributed by atoms with Crippen LogP contribution < -0.4 is 9.64 Å². The van der Waals surface area contributed by atoms with Crippen LogP contribution in [-0.4, -0.2) is 52.1 Å². The molecule has 1 aliphatic heterocycles. The van der Waals surface area contributed by atoms with Gasteiger partial charge >= 0.3 is 12.1 Å². The minimum absolute atomic E-state index is 0.0641. The Kier molecular flexibility index (Phi) is 7.00. The van der Waals surface area contributed by atoms with Crippen LogP contribution in [-0.2, 0) is 16.0 Å². The highest BCUT2D eigenvalue weighted by molar-refractivity contribution is 5.95. The minimum Gasteiger partial charge on any atom is -0.496 e. The molecule has 2 heterocycles. The molecule has 202 valence electrons. The lowest BCUT2D eigenvalue weighted by Gasteiger charge is -2.34. The molecule has 0 spiro atoms. The first-order valence-corrected chi connectivity index (χ1v) is 12.9. The first-order valence-electron chi connectivity index (χ1n) is 12.9. The summed E-state index contributed by atoms with van der Waals surface area (Å²) in [4.78, 5) is 31.0. The number of aliphatic hydroxyl groups excluding tert-OH is 1. The molecule has 0 radical (unpaired) electrons. The molecular weight excluding hydrogens is 493 g/mol. The summed E-state index contributed by atoms with van der Waals surface area (Å²) in [7, 11) is 2.79. The molecule has 38 heavy (non-hydrogen) atoms. The number of carboxylic acids is 1. The Morgan fingerprint density at radius 1 is 1.16 bits per heavy atom. The molecular formula is C28H32FN3O6. The number of carboxylic acid groups (broad SMARTS) is 1. The molecule has 2 aromatic carbocycles. The number of imidazole rings is 1. The summed E-state index contributed by atoms with van der Waals surface area (Å²) < 4.78 is 26.6. The predicted octanol–water partition coefficient (Wildman–Crippen LogP) is 4.99. The second-order valence-electron chi connectivity index (χ2n) is 10.1. The van der Waals surface area contributed by atoms with Crippen molar-refractivity contribution < 1.29 is 33.7 Å². The summed E-state index contributed by atoms with van der Waals surface area (Å²) in [5.74, 6) is -1.26. The van der Waals surface area contributed by atoms with Crippen molar-refractivity contribution in [3.05, 3.63) is 53.1 Å². The van der Waals surface area contributed by atoms with Gasteiger partial charge in [-0.1, -0.05) is 6.42 Å². The maximum absolute atomic E-state index is 14.3. The van der Waals surface area contributed by atoms with Crippen molar-refractivity contribution in [1.82, 2.24) is 9.55 Å². The molecule has 0 unspecified atom stereocenters. The molecule has 1 fully saturated rings. The smallest absolute Gasteiger partial charge is 0.414 e. The second kappa shape index (κ2) is 10.2. The quantitative estimate of drug-likeness (QED) is 0.482. The number of aryl methyl sites for hydroxylation is 1. The minimum atomic E-state index is -1.33. The maximum Gasteiger partial charge on any atom is 0.414 e. The van der Waals surface area contributed by atoms with Gasteiger partial charge in [0.1, 0.15) is 23.5 Å². The van der Waals surface area contributed by atoms with Crippen molar-refractivity contribution in [2.45, 2.75) is 63.6 Å². The molecule has 1 aromatic heterocycles. The molecule has 1 aliphatic carbocycles. The number of carbonyl (C=O) groups is 2. The largest absolute Gasteiger partial charge is 0.496 e. The lowest BCUT2D eigenvalue weighted by Crippen LogP contribution is -2.42. The van der Waals surface area contributed by atoms with Crippen LogP contribution in [0.15, 0.2) is 30.3 Å². The van der Waals surface area contributed by atoms with Crippen molar-refractivity contribution in [3.63, 3.8) is 0 Å². The lowest BCUT2D eigenvalue weighted by molar-refractivity contribution is -0.143. The fourth-order valence-corrected chi connectivity index (χ4v) is 6.05. The Morgan fingerprint density at radius 2 is 1.95 bits per heavy atom. The SMILES string of the molecule is COC(=O)N1c2ccc3c(nc([C@H](O)c4cc(F)ccc4OC)n3[C@H]3CCC[C@@H](C(=O)O)C3)c2CC[C@@H]1C. The first-order chi connectivity index (χ1) is 18.2. The number of carbonyl (C=O) groups excluding carboxylic acids is 1. The van der Waals surface area contributed by atoms with E-state index in [1.807, 2.05) is 23.6 Å². The van der Waals surface area contributed by atoms with E-state index in [0.717, 1.165) is 23.9 Å². The Hall–Kier alpha value is -3.66. The van der Waals surface area contributed by atoms with E-state index in [4.69, 9.17) is 14.5 Å². The Morgan fingerprint density at radius 3 is 2.66 bits per heavy atom. The molecule has 3 aromatic rings. The van der Waals surface area contributed by atoms with Gasteiger partial charge in [-0.25, -0.2) is 14.2 Å². The predicted molar refractivity (Wildman–Crippen MR) is 138 cm³/mol. The van der Waals surface area contributed by atoms with E-state index in [-0.39, 0.29) is 23.5 Å². The molecule has 9 nitrogen and oxygen atoms in total. The molecule has 2 aliphatic rings. The monoisotopic (exact) mass is 525 g/mol. The number of benzene rings is 2. The van der Waals surface area contributed by atoms with E-state index in [0.29, 0.717) is 42.6 Å². The number of aliphatic carboxylic acids is 1. The zero-order valence-corrected chi connectivity index (χ0v) is 21.7. The van der Waals surface area contributed by atoms with Crippen molar-refractivity contribution in [2.24, 2.45) is 5.92 Å². The molecule has 4 atom stereocenters. The summed E-state index contributed by atoms with van der Waals surface area (Å²) in [5, 5.41) is 21.3. The van der Waals surface area contributed by atoms with Gasteiger partial charge in [0.2, 0.25) is 0 Å². The Labute approximate surface area is 219 Å². The summed E-state index contributed by atoms with van der Waals surface area (Å²) >= 11 is 0. The number of halogens is 1. The number of hydrogen-bond acceptors (Lipinski definition) is 6. The second-order valence-corrected chi connectivity index (χ2v) is 10.1. The Balaban J connectivity index is 1.72. The number of amides is 1. The van der Waals surface area contributed by atoms with Crippen LogP contribution in [0.2, 0.25) is 0 Å². The zero-order valence-electron chi connectivity index (χ0n) is 21.7. The van der Waals surface area contributed by atoms with E-state index in [1.165, 1.54) is 32.4 Å². The highest BCUT2D eigenvalue weighted by Gasteiger charge is 2.36. The molecule has 0 bridgehead atoms. The van der Waals surface area contributed by atoms with Crippen LogP contribution in [0.5, 0.6) is 5.75 Å². The average Bonchev–Trinajstić information content (AvgIpc) is 3.32. The number of methoxy groups -OCH3 is 2. The summed E-state index contributed by atoms with van der Waals surface area (Å²) in [6, 6.07) is 7.37. The van der Waals surface area contributed by atoms with Gasteiger partial charge in [0.05, 0.1) is 36.9 Å². The fourth-order valence-electron chi connectivity index (χ4n) is 6.05. The standard InChI is InChI=1S/C28H32FN3O6/c1-15-7-9-19-21(31(15)28(36)38-3)10-11-22-24(19)30-26(25(33)20-14-17(29)8-12-23(20)37-2)32(22)18-6-4-5-16(13-18)27(34)35/h8,10-12,14-16,18,25,33H,4-7,9,13H2,1-3H3,(H,34,35)/t15-,16+,18-,25+/m0/s1. The zero-order chi connectivity index (χ0) is 27.1. The van der Waals surface area contributed by atoms with E-state index in [9.17, 15) is 24.2 Å². The number of rotatable bonds is 5. The molecule has 0 saturated heterocycles. The molecule has 5 rings (SSSR count). The van der Waals surface area contributed by atoms with Crippen LogP contribution in [0.1, 0.15) is 68.1 Å². The molecule has 2 N–H and O–H groups in total. The lowest BCUT2D eigenvalue weighted by atomic mass is 9.85. The fraction of sp³-hybridized carbons (Fsp3) is 0.464. The average molecular weight is 526 g/mol. The highest BCUT2D eigenvalue weighted by atomic mass is 19.1. The first kappa shape index (κ1) is 26.0. The van der Waals surface area contributed by atoms with Gasteiger partial charge in [0.15, 0.2) is 0 Å². The third-order valence-electron chi connectivity index (χ3n) is 7.94. The van der Waals surface area contributed by atoms with Crippen molar-refractivity contribution in [1.29, 1.82) is 0 Å². The van der Waals surface area contributed by atoms with E-state index in [1.54, 1.807) is 4.90 Å². The summed E-state index contributed by atoms with van der Waals surface area (Å²) in [6.45, 7) is 1.96. The normalized spacial score (nSPS) is 22.1. The number of hydrogen-bond donors (Lipinski definition) is 2.